The van der Waals surface area contributed by atoms with Crippen molar-refractivity contribution in [1.82, 2.24) is 15.3 Å². The summed E-state index contributed by atoms with van der Waals surface area (Å²) in [7, 11) is 0. The number of aliphatic hydroxyl groups excluding tert-OH is 1. The summed E-state index contributed by atoms with van der Waals surface area (Å²) in [4.78, 5) is 22.1. The first-order chi connectivity index (χ1) is 16.1. The van der Waals surface area contributed by atoms with E-state index < -0.39 is 5.41 Å². The Morgan fingerprint density at radius 1 is 1.12 bits per heavy atom. The monoisotopic (exact) mass is 439 g/mol. The second-order valence-electron chi connectivity index (χ2n) is 8.70. The van der Waals surface area contributed by atoms with Crippen LogP contribution in [0.25, 0.3) is 22.2 Å². The van der Waals surface area contributed by atoms with Gasteiger partial charge in [-0.2, -0.15) is 0 Å². The minimum atomic E-state index is -0.508. The summed E-state index contributed by atoms with van der Waals surface area (Å²) >= 11 is 0. The largest absolute Gasteiger partial charge is 0.395 e. The second-order valence-corrected chi connectivity index (χ2v) is 8.70. The van der Waals surface area contributed by atoms with Gasteiger partial charge in [-0.25, -0.2) is 4.98 Å². The van der Waals surface area contributed by atoms with Crippen LogP contribution < -0.4 is 5.32 Å². The van der Waals surface area contributed by atoms with Crippen molar-refractivity contribution < 1.29 is 14.6 Å². The predicted octanol–water partition coefficient (Wildman–Crippen LogP) is 4.01. The molecule has 1 aliphatic heterocycles. The van der Waals surface area contributed by atoms with Crippen molar-refractivity contribution in [3.8, 4) is 11.3 Å². The van der Waals surface area contributed by atoms with E-state index in [0.717, 1.165) is 39.0 Å². The molecule has 4 aromatic rings. The molecule has 2 aromatic carbocycles. The molecule has 5 rings (SSSR count). The molecule has 1 atom stereocenters. The third-order valence-corrected chi connectivity index (χ3v) is 6.18. The highest BCUT2D eigenvalue weighted by atomic mass is 16.5. The number of hydrogen-bond acceptors (Lipinski definition) is 5. The maximum Gasteiger partial charge on any atom is 0.251 e. The zero-order valence-electron chi connectivity index (χ0n) is 18.4. The topological polar surface area (TPSA) is 84.3 Å². The van der Waals surface area contributed by atoms with Crippen LogP contribution in [0.4, 0.5) is 0 Å². The van der Waals surface area contributed by atoms with Gasteiger partial charge in [-0.1, -0.05) is 43.3 Å². The first-order valence-corrected chi connectivity index (χ1v) is 11.0. The molecule has 6 heteroatoms. The van der Waals surface area contributed by atoms with Crippen LogP contribution in [-0.2, 0) is 23.3 Å². The quantitative estimate of drug-likeness (QED) is 0.491. The number of fused-ring (bicyclic) bond motifs is 2. The van der Waals surface area contributed by atoms with Crippen molar-refractivity contribution in [2.75, 3.05) is 13.2 Å². The molecule has 0 aliphatic carbocycles. The Hall–Kier alpha value is -3.61. The van der Waals surface area contributed by atoms with Crippen LogP contribution in [0, 0.1) is 0 Å². The summed E-state index contributed by atoms with van der Waals surface area (Å²) in [6.45, 7) is 3.13. The van der Waals surface area contributed by atoms with Crippen LogP contribution in [-0.4, -0.2) is 34.2 Å². The number of aromatic nitrogens is 2. The maximum atomic E-state index is 12.9. The van der Waals surface area contributed by atoms with Gasteiger partial charge in [0.25, 0.3) is 5.91 Å². The van der Waals surface area contributed by atoms with Crippen LogP contribution in [0.2, 0.25) is 0 Å². The van der Waals surface area contributed by atoms with Crippen LogP contribution in [0.15, 0.2) is 72.9 Å². The molecule has 0 saturated carbocycles. The van der Waals surface area contributed by atoms with Crippen molar-refractivity contribution in [2.24, 2.45) is 0 Å². The highest BCUT2D eigenvalue weighted by Crippen LogP contribution is 2.32. The molecule has 166 valence electrons. The molecule has 0 saturated heterocycles. The summed E-state index contributed by atoms with van der Waals surface area (Å²) in [5.74, 6) is -0.183. The molecule has 6 nitrogen and oxygen atoms in total. The fourth-order valence-corrected chi connectivity index (χ4v) is 4.20. The number of aliphatic hydroxyl groups is 1. The molecule has 3 heterocycles. The van der Waals surface area contributed by atoms with E-state index in [9.17, 15) is 9.90 Å². The van der Waals surface area contributed by atoms with E-state index in [1.54, 1.807) is 12.3 Å². The van der Waals surface area contributed by atoms with Gasteiger partial charge in [0, 0.05) is 28.1 Å². The average Bonchev–Trinajstić information content (AvgIpc) is 2.87. The first kappa shape index (κ1) is 21.2. The lowest BCUT2D eigenvalue weighted by Crippen LogP contribution is -2.37. The standard InChI is InChI=1S/C27H25N3O3/c1-27(16-31)17-33-15-21-8-7-19(11-23(21)27)26(32)29-14-22-12-25-20(13-28-22)9-10-24(30-25)18-5-3-2-4-6-18/h2-13,31H,14-17H2,1H3,(H,29,32)/t27-/m1/s1. The summed E-state index contributed by atoms with van der Waals surface area (Å²) in [5.41, 5.74) is 5.54. The first-order valence-electron chi connectivity index (χ1n) is 11.0. The lowest BCUT2D eigenvalue weighted by atomic mass is 9.79. The molecule has 0 radical (unpaired) electrons. The molecule has 0 unspecified atom stereocenters. The molecule has 0 bridgehead atoms. The van der Waals surface area contributed by atoms with Gasteiger partial charge in [-0.05, 0) is 41.5 Å². The predicted molar refractivity (Wildman–Crippen MR) is 127 cm³/mol. The normalized spacial score (nSPS) is 17.5. The van der Waals surface area contributed by atoms with Gasteiger partial charge in [-0.3, -0.25) is 9.78 Å². The van der Waals surface area contributed by atoms with Crippen LogP contribution in [0.3, 0.4) is 0 Å². The zero-order valence-corrected chi connectivity index (χ0v) is 18.4. The molecule has 0 fully saturated rings. The van der Waals surface area contributed by atoms with E-state index in [2.05, 4.69) is 10.3 Å². The molecular formula is C27H25N3O3. The third-order valence-electron chi connectivity index (χ3n) is 6.18. The zero-order chi connectivity index (χ0) is 22.8. The number of amides is 1. The van der Waals surface area contributed by atoms with E-state index >= 15 is 0 Å². The van der Waals surface area contributed by atoms with Gasteiger partial charge >= 0.3 is 0 Å². The number of carbonyl (C=O) groups is 1. The Balaban J connectivity index is 1.34. The van der Waals surface area contributed by atoms with Crippen LogP contribution in [0.5, 0.6) is 0 Å². The molecule has 2 aromatic heterocycles. The molecule has 0 spiro atoms. The molecule has 1 aliphatic rings. The number of carbonyl (C=O) groups excluding carboxylic acids is 1. The van der Waals surface area contributed by atoms with Gasteiger partial charge < -0.3 is 15.2 Å². The van der Waals surface area contributed by atoms with E-state index in [4.69, 9.17) is 9.72 Å². The fourth-order valence-electron chi connectivity index (χ4n) is 4.20. The average molecular weight is 440 g/mol. The van der Waals surface area contributed by atoms with Crippen molar-refractivity contribution in [3.05, 3.63) is 95.3 Å². The van der Waals surface area contributed by atoms with Gasteiger partial charge in [0.1, 0.15) is 0 Å². The van der Waals surface area contributed by atoms with E-state index in [1.165, 1.54) is 0 Å². The summed E-state index contributed by atoms with van der Waals surface area (Å²) in [5, 5.41) is 13.8. The fraction of sp³-hybridized carbons (Fsp3) is 0.222. The number of hydrogen-bond donors (Lipinski definition) is 2. The SMILES string of the molecule is C[C@@]1(CO)COCc2ccc(C(=O)NCc3cc4nc(-c5ccccc5)ccc4cn3)cc21. The smallest absolute Gasteiger partial charge is 0.251 e. The lowest BCUT2D eigenvalue weighted by molar-refractivity contribution is 0.0317. The summed E-state index contributed by atoms with van der Waals surface area (Å²) in [6, 6.07) is 21.5. The number of ether oxygens (including phenoxy) is 1. The number of rotatable bonds is 5. The highest BCUT2D eigenvalue weighted by Gasteiger charge is 2.32. The Labute approximate surface area is 192 Å². The van der Waals surface area contributed by atoms with Gasteiger partial charge in [0.15, 0.2) is 0 Å². The van der Waals surface area contributed by atoms with Crippen molar-refractivity contribution in [1.29, 1.82) is 0 Å². The minimum absolute atomic E-state index is 0.0376. The lowest BCUT2D eigenvalue weighted by Gasteiger charge is -2.34. The van der Waals surface area contributed by atoms with Crippen molar-refractivity contribution in [2.45, 2.75) is 25.5 Å². The van der Waals surface area contributed by atoms with Crippen LogP contribution in [0.1, 0.15) is 34.1 Å². The Kier molecular flexibility index (Phi) is 5.62. The number of nitrogens with one attached hydrogen (secondary N) is 1. The number of benzene rings is 2. The number of nitrogens with zero attached hydrogens (tertiary/aromatic N) is 2. The van der Waals surface area contributed by atoms with E-state index in [1.807, 2.05) is 67.6 Å². The molecule has 33 heavy (non-hydrogen) atoms. The third kappa shape index (κ3) is 4.23. The van der Waals surface area contributed by atoms with Gasteiger partial charge in [0.2, 0.25) is 0 Å². The van der Waals surface area contributed by atoms with E-state index in [-0.39, 0.29) is 12.5 Å². The van der Waals surface area contributed by atoms with Gasteiger partial charge in [-0.15, -0.1) is 0 Å². The second kappa shape index (κ2) is 8.73. The summed E-state index contributed by atoms with van der Waals surface area (Å²) in [6.07, 6.45) is 1.78. The van der Waals surface area contributed by atoms with Crippen LogP contribution >= 0.6 is 0 Å². The molecule has 2 N–H and O–H groups in total. The summed E-state index contributed by atoms with van der Waals surface area (Å²) < 4.78 is 5.61. The number of pyridine rings is 2. The molecule has 1 amide bonds. The Morgan fingerprint density at radius 2 is 1.97 bits per heavy atom. The Morgan fingerprint density at radius 3 is 2.79 bits per heavy atom. The molecular weight excluding hydrogens is 414 g/mol. The van der Waals surface area contributed by atoms with Crippen molar-refractivity contribution >= 4 is 16.8 Å². The van der Waals surface area contributed by atoms with Gasteiger partial charge in [0.05, 0.1) is 43.3 Å². The maximum absolute atomic E-state index is 12.9. The van der Waals surface area contributed by atoms with Crippen molar-refractivity contribution in [3.63, 3.8) is 0 Å². The van der Waals surface area contributed by atoms with E-state index in [0.29, 0.717) is 25.3 Å². The minimum Gasteiger partial charge on any atom is -0.395 e. The Bertz CT molecular complexity index is 1320. The highest BCUT2D eigenvalue weighted by molar-refractivity contribution is 5.94.